The van der Waals surface area contributed by atoms with Crippen molar-refractivity contribution >= 4 is 23.2 Å². The lowest BCUT2D eigenvalue weighted by Crippen LogP contribution is -2.22. The average Bonchev–Trinajstić information content (AvgIpc) is 2.71. The number of benzene rings is 1. The fraction of sp³-hybridized carbons (Fsp3) is 0.375. The predicted molar refractivity (Wildman–Crippen MR) is 84.6 cm³/mol. The largest absolute Gasteiger partial charge is 0.466 e. The van der Waals surface area contributed by atoms with Crippen molar-refractivity contribution in [3.63, 3.8) is 0 Å². The molecule has 0 aliphatic rings. The van der Waals surface area contributed by atoms with E-state index in [0.29, 0.717) is 10.0 Å². The second kappa shape index (κ2) is 6.21. The van der Waals surface area contributed by atoms with Gasteiger partial charge in [-0.15, -0.1) is 0 Å². The Bertz CT molecular complexity index is 607. The van der Waals surface area contributed by atoms with E-state index in [4.69, 9.17) is 27.6 Å². The molecule has 0 aliphatic carbocycles. The quantitative estimate of drug-likeness (QED) is 0.793. The van der Waals surface area contributed by atoms with Gasteiger partial charge in [-0.3, -0.25) is 0 Å². The van der Waals surface area contributed by atoms with Crippen molar-refractivity contribution in [3.05, 3.63) is 57.0 Å². The molecule has 0 fully saturated rings. The van der Waals surface area contributed by atoms with E-state index >= 15 is 0 Å². The van der Waals surface area contributed by atoms with Crippen molar-refractivity contribution < 1.29 is 4.42 Å². The van der Waals surface area contributed by atoms with Gasteiger partial charge in [-0.1, -0.05) is 29.3 Å². The van der Waals surface area contributed by atoms with Gasteiger partial charge < -0.3 is 9.73 Å². The third kappa shape index (κ3) is 3.38. The normalized spacial score (nSPS) is 14.3. The van der Waals surface area contributed by atoms with Gasteiger partial charge >= 0.3 is 0 Å². The molecule has 1 N–H and O–H groups in total. The maximum atomic E-state index is 6.07. The Morgan fingerprint density at radius 2 is 1.70 bits per heavy atom. The lowest BCUT2D eigenvalue weighted by atomic mass is 10.0. The average molecular weight is 312 g/mol. The van der Waals surface area contributed by atoms with Crippen molar-refractivity contribution in [2.24, 2.45) is 0 Å². The summed E-state index contributed by atoms with van der Waals surface area (Å²) in [6.45, 7) is 8.19. The highest BCUT2D eigenvalue weighted by Gasteiger charge is 2.16. The summed E-state index contributed by atoms with van der Waals surface area (Å²) in [6.07, 6.45) is 0. The van der Waals surface area contributed by atoms with Crippen LogP contribution in [0.2, 0.25) is 10.0 Å². The summed E-state index contributed by atoms with van der Waals surface area (Å²) in [6, 6.07) is 8.18. The van der Waals surface area contributed by atoms with Crippen molar-refractivity contribution in [2.75, 3.05) is 0 Å². The molecule has 2 atom stereocenters. The van der Waals surface area contributed by atoms with E-state index < -0.39 is 0 Å². The predicted octanol–water partition coefficient (Wildman–Crippen LogP) is 5.62. The molecule has 2 unspecified atom stereocenters. The van der Waals surface area contributed by atoms with Crippen LogP contribution in [-0.2, 0) is 0 Å². The smallest absolute Gasteiger partial charge is 0.105 e. The van der Waals surface area contributed by atoms with Gasteiger partial charge in [0, 0.05) is 17.6 Å². The Labute approximate surface area is 130 Å². The zero-order valence-electron chi connectivity index (χ0n) is 12.1. The molecule has 0 saturated heterocycles. The first-order chi connectivity index (χ1) is 9.38. The van der Waals surface area contributed by atoms with Crippen LogP contribution in [0.15, 0.2) is 28.7 Å². The van der Waals surface area contributed by atoms with Gasteiger partial charge in [-0.25, -0.2) is 0 Å². The van der Waals surface area contributed by atoms with Crippen LogP contribution in [0, 0.1) is 13.8 Å². The van der Waals surface area contributed by atoms with Gasteiger partial charge in [0.05, 0.1) is 10.0 Å². The lowest BCUT2D eigenvalue weighted by Gasteiger charge is -2.20. The van der Waals surface area contributed by atoms with Gasteiger partial charge in [0.25, 0.3) is 0 Å². The molecule has 1 aromatic carbocycles. The SMILES string of the molecule is Cc1cc(C(C)NC(C)c2ccc(Cl)c(Cl)c2)c(C)o1. The van der Waals surface area contributed by atoms with Crippen LogP contribution in [-0.4, -0.2) is 0 Å². The van der Waals surface area contributed by atoms with Crippen LogP contribution >= 0.6 is 23.2 Å². The number of nitrogens with one attached hydrogen (secondary N) is 1. The molecule has 1 heterocycles. The van der Waals surface area contributed by atoms with Gasteiger partial charge in [0.2, 0.25) is 0 Å². The van der Waals surface area contributed by atoms with Gasteiger partial charge in [-0.05, 0) is 51.5 Å². The summed E-state index contributed by atoms with van der Waals surface area (Å²) in [7, 11) is 0. The van der Waals surface area contributed by atoms with E-state index in [9.17, 15) is 0 Å². The zero-order chi connectivity index (χ0) is 14.9. The zero-order valence-corrected chi connectivity index (χ0v) is 13.6. The van der Waals surface area contributed by atoms with Crippen LogP contribution in [0.4, 0.5) is 0 Å². The van der Waals surface area contributed by atoms with Crippen molar-refractivity contribution in [1.82, 2.24) is 5.32 Å². The molecular formula is C16H19Cl2NO. The molecule has 0 spiro atoms. The fourth-order valence-electron chi connectivity index (χ4n) is 2.42. The molecule has 0 bridgehead atoms. The van der Waals surface area contributed by atoms with Crippen LogP contribution in [0.3, 0.4) is 0 Å². The Balaban J connectivity index is 2.12. The standard InChI is InChI=1S/C16H19Cl2NO/c1-9-7-14(12(4)20-9)11(3)19-10(2)13-5-6-15(17)16(18)8-13/h5-8,10-11,19H,1-4H3. The molecule has 2 aromatic rings. The molecule has 0 amide bonds. The first-order valence-electron chi connectivity index (χ1n) is 6.66. The highest BCUT2D eigenvalue weighted by Crippen LogP contribution is 2.28. The van der Waals surface area contributed by atoms with Crippen LogP contribution in [0.1, 0.15) is 48.6 Å². The highest BCUT2D eigenvalue weighted by molar-refractivity contribution is 6.42. The first-order valence-corrected chi connectivity index (χ1v) is 7.42. The second-order valence-electron chi connectivity index (χ2n) is 5.15. The van der Waals surface area contributed by atoms with E-state index in [-0.39, 0.29) is 12.1 Å². The third-order valence-corrected chi connectivity index (χ3v) is 4.23. The Hall–Kier alpha value is -0.960. The second-order valence-corrected chi connectivity index (χ2v) is 5.97. The van der Waals surface area contributed by atoms with Crippen molar-refractivity contribution in [2.45, 2.75) is 39.8 Å². The van der Waals surface area contributed by atoms with Crippen molar-refractivity contribution in [3.8, 4) is 0 Å². The molecule has 0 radical (unpaired) electrons. The summed E-state index contributed by atoms with van der Waals surface area (Å²) in [5, 5.41) is 4.72. The summed E-state index contributed by atoms with van der Waals surface area (Å²) in [5.41, 5.74) is 2.30. The third-order valence-electron chi connectivity index (χ3n) is 3.49. The first kappa shape index (κ1) is 15.4. The molecule has 1 aromatic heterocycles. The Kier molecular flexibility index (Phi) is 4.79. The van der Waals surface area contributed by atoms with E-state index in [2.05, 4.69) is 25.2 Å². The minimum Gasteiger partial charge on any atom is -0.466 e. The van der Waals surface area contributed by atoms with Crippen molar-refractivity contribution in [1.29, 1.82) is 0 Å². The topological polar surface area (TPSA) is 25.2 Å². The molecule has 108 valence electrons. The minimum atomic E-state index is 0.175. The van der Waals surface area contributed by atoms with Gasteiger partial charge in [-0.2, -0.15) is 0 Å². The lowest BCUT2D eigenvalue weighted by molar-refractivity contribution is 0.469. The van der Waals surface area contributed by atoms with Crippen LogP contribution in [0.5, 0.6) is 0 Å². The fourth-order valence-corrected chi connectivity index (χ4v) is 2.73. The number of hydrogen-bond acceptors (Lipinski definition) is 2. The van der Waals surface area contributed by atoms with E-state index in [1.54, 1.807) is 0 Å². The molecule has 2 nitrogen and oxygen atoms in total. The monoisotopic (exact) mass is 311 g/mol. The molecule has 4 heteroatoms. The summed E-state index contributed by atoms with van der Waals surface area (Å²) < 4.78 is 5.58. The maximum Gasteiger partial charge on any atom is 0.105 e. The Morgan fingerprint density at radius 1 is 1.00 bits per heavy atom. The summed E-state index contributed by atoms with van der Waals surface area (Å²) in [4.78, 5) is 0. The number of hydrogen-bond donors (Lipinski definition) is 1. The summed E-state index contributed by atoms with van der Waals surface area (Å²) >= 11 is 12.0. The molecule has 0 saturated carbocycles. The summed E-state index contributed by atoms with van der Waals surface area (Å²) in [5.74, 6) is 1.90. The minimum absolute atomic E-state index is 0.175. The number of aryl methyl sites for hydroxylation is 2. The highest BCUT2D eigenvalue weighted by atomic mass is 35.5. The number of rotatable bonds is 4. The van der Waals surface area contributed by atoms with E-state index in [1.807, 2.05) is 32.0 Å². The molecule has 0 aliphatic heterocycles. The molecule has 2 rings (SSSR count). The molecule has 20 heavy (non-hydrogen) atoms. The Morgan fingerprint density at radius 3 is 2.25 bits per heavy atom. The number of halogens is 2. The van der Waals surface area contributed by atoms with E-state index in [1.165, 1.54) is 5.56 Å². The van der Waals surface area contributed by atoms with Crippen LogP contribution < -0.4 is 5.32 Å². The maximum absolute atomic E-state index is 6.07. The number of furan rings is 1. The molecular weight excluding hydrogens is 293 g/mol. The van der Waals surface area contributed by atoms with Gasteiger partial charge in [0.1, 0.15) is 11.5 Å². The van der Waals surface area contributed by atoms with Gasteiger partial charge in [0.15, 0.2) is 0 Å². The van der Waals surface area contributed by atoms with E-state index in [0.717, 1.165) is 17.1 Å². The van der Waals surface area contributed by atoms with Crippen LogP contribution in [0.25, 0.3) is 0 Å².